The Balaban J connectivity index is 2.07. The number of urea groups is 1. The largest absolute Gasteiger partial charge is 0.490 e. The molecule has 7 nitrogen and oxygen atoms in total. The summed E-state index contributed by atoms with van der Waals surface area (Å²) in [6, 6.07) is 9.64. The predicted molar refractivity (Wildman–Crippen MR) is 123 cm³/mol. The van der Waals surface area contributed by atoms with Gasteiger partial charge in [-0.1, -0.05) is 23.8 Å². The van der Waals surface area contributed by atoms with Crippen LogP contribution >= 0.6 is 0 Å². The van der Waals surface area contributed by atoms with Gasteiger partial charge in [0.15, 0.2) is 11.5 Å². The number of rotatable bonds is 8. The van der Waals surface area contributed by atoms with Crippen LogP contribution < -0.4 is 19.7 Å². The number of hydrogen-bond acceptors (Lipinski definition) is 5. The van der Waals surface area contributed by atoms with Crippen LogP contribution in [0.2, 0.25) is 0 Å². The zero-order valence-corrected chi connectivity index (χ0v) is 18.4. The lowest BCUT2D eigenvalue weighted by atomic mass is 10.0. The van der Waals surface area contributed by atoms with E-state index in [1.165, 1.54) is 6.08 Å². The fourth-order valence-electron chi connectivity index (χ4n) is 3.40. The molecular formula is C25H26N2O5. The van der Waals surface area contributed by atoms with Gasteiger partial charge in [-0.15, -0.1) is 6.58 Å². The Morgan fingerprint density at radius 1 is 1.03 bits per heavy atom. The third-order valence-corrected chi connectivity index (χ3v) is 4.81. The van der Waals surface area contributed by atoms with Gasteiger partial charge in [0.2, 0.25) is 0 Å². The molecule has 32 heavy (non-hydrogen) atoms. The van der Waals surface area contributed by atoms with Gasteiger partial charge in [-0.2, -0.15) is 0 Å². The molecule has 1 saturated heterocycles. The molecule has 0 saturated carbocycles. The summed E-state index contributed by atoms with van der Waals surface area (Å²) in [5.74, 6) is -0.330. The van der Waals surface area contributed by atoms with Crippen LogP contribution in [0, 0.1) is 6.92 Å². The highest BCUT2D eigenvalue weighted by atomic mass is 16.5. The number of hydrogen-bond donors (Lipinski definition) is 1. The van der Waals surface area contributed by atoms with Gasteiger partial charge in [-0.05, 0) is 63.1 Å². The molecule has 1 fully saturated rings. The Morgan fingerprint density at radius 3 is 2.34 bits per heavy atom. The summed E-state index contributed by atoms with van der Waals surface area (Å²) in [6.07, 6.45) is 3.71. The maximum atomic E-state index is 13.1. The molecule has 3 rings (SSSR count). The second-order valence-corrected chi connectivity index (χ2v) is 7.16. The van der Waals surface area contributed by atoms with Crippen molar-refractivity contribution >= 4 is 29.6 Å². The fourth-order valence-corrected chi connectivity index (χ4v) is 3.40. The van der Waals surface area contributed by atoms with E-state index in [1.807, 2.05) is 26.8 Å². The van der Waals surface area contributed by atoms with Crippen LogP contribution in [-0.2, 0) is 16.0 Å². The highest BCUT2D eigenvalue weighted by Gasteiger charge is 2.36. The SMILES string of the molecule is C=CCc1cc(/C=C2\C(=O)NC(=O)N(c3ccc(C)cc3)C2=O)cc(OCC)c1OCC. The van der Waals surface area contributed by atoms with Crippen LogP contribution in [0.15, 0.2) is 54.6 Å². The first-order chi connectivity index (χ1) is 15.4. The minimum Gasteiger partial charge on any atom is -0.490 e. The van der Waals surface area contributed by atoms with E-state index in [1.54, 1.807) is 36.4 Å². The van der Waals surface area contributed by atoms with Crippen molar-refractivity contribution in [2.24, 2.45) is 0 Å². The van der Waals surface area contributed by atoms with Gasteiger partial charge in [0.1, 0.15) is 5.57 Å². The number of nitrogens with one attached hydrogen (secondary N) is 1. The van der Waals surface area contributed by atoms with Gasteiger partial charge in [-0.3, -0.25) is 14.9 Å². The zero-order chi connectivity index (χ0) is 23.3. The number of carbonyl (C=O) groups excluding carboxylic acids is 3. The Hall–Kier alpha value is -3.87. The van der Waals surface area contributed by atoms with Crippen molar-refractivity contribution in [2.45, 2.75) is 27.2 Å². The molecule has 0 aliphatic carbocycles. The Kier molecular flexibility index (Phi) is 7.10. The molecule has 0 spiro atoms. The number of amides is 4. The van der Waals surface area contributed by atoms with Gasteiger partial charge in [-0.25, -0.2) is 9.69 Å². The molecule has 1 aliphatic heterocycles. The number of aryl methyl sites for hydroxylation is 1. The summed E-state index contributed by atoms with van der Waals surface area (Å²) in [5.41, 5.74) is 2.60. The molecule has 166 valence electrons. The van der Waals surface area contributed by atoms with Gasteiger partial charge in [0.25, 0.3) is 11.8 Å². The summed E-state index contributed by atoms with van der Waals surface area (Å²) < 4.78 is 11.5. The van der Waals surface area contributed by atoms with E-state index in [0.29, 0.717) is 42.4 Å². The maximum Gasteiger partial charge on any atom is 0.335 e. The molecule has 0 bridgehead atoms. The van der Waals surface area contributed by atoms with Crippen LogP contribution in [0.3, 0.4) is 0 Å². The molecule has 2 aromatic carbocycles. The number of carbonyl (C=O) groups is 3. The lowest BCUT2D eigenvalue weighted by molar-refractivity contribution is -0.122. The molecule has 0 unspecified atom stereocenters. The van der Waals surface area contributed by atoms with E-state index in [0.717, 1.165) is 16.0 Å². The van der Waals surface area contributed by atoms with E-state index >= 15 is 0 Å². The number of allylic oxidation sites excluding steroid dienone is 1. The minimum absolute atomic E-state index is 0.152. The maximum absolute atomic E-state index is 13.1. The monoisotopic (exact) mass is 434 g/mol. The third kappa shape index (κ3) is 4.72. The number of ether oxygens (including phenoxy) is 2. The zero-order valence-electron chi connectivity index (χ0n) is 18.4. The number of imide groups is 2. The topological polar surface area (TPSA) is 84.9 Å². The highest BCUT2D eigenvalue weighted by Crippen LogP contribution is 2.35. The summed E-state index contributed by atoms with van der Waals surface area (Å²) in [6.45, 7) is 10.3. The van der Waals surface area contributed by atoms with Gasteiger partial charge < -0.3 is 9.47 Å². The van der Waals surface area contributed by atoms with Crippen LogP contribution in [0.4, 0.5) is 10.5 Å². The number of benzene rings is 2. The molecule has 2 aromatic rings. The summed E-state index contributed by atoms with van der Waals surface area (Å²) in [7, 11) is 0. The van der Waals surface area contributed by atoms with E-state index in [4.69, 9.17) is 9.47 Å². The van der Waals surface area contributed by atoms with Gasteiger partial charge in [0, 0.05) is 5.56 Å². The first-order valence-electron chi connectivity index (χ1n) is 10.4. The minimum atomic E-state index is -0.782. The average Bonchev–Trinajstić information content (AvgIpc) is 2.75. The fraction of sp³-hybridized carbons (Fsp3) is 0.240. The molecule has 4 amide bonds. The first-order valence-corrected chi connectivity index (χ1v) is 10.4. The Morgan fingerprint density at radius 2 is 1.72 bits per heavy atom. The Bertz CT molecular complexity index is 1090. The lowest BCUT2D eigenvalue weighted by Gasteiger charge is -2.26. The number of nitrogens with zero attached hydrogens (tertiary/aromatic N) is 1. The quantitative estimate of drug-likeness (QED) is 0.383. The second kappa shape index (κ2) is 9.96. The van der Waals surface area contributed by atoms with Gasteiger partial charge in [0.05, 0.1) is 18.9 Å². The predicted octanol–water partition coefficient (Wildman–Crippen LogP) is 4.19. The standard InChI is InChI=1S/C25H26N2O5/c1-5-8-18-13-17(15-21(31-6-2)22(18)32-7-3)14-20-23(28)26-25(30)27(24(20)29)19-11-9-16(4)10-12-19/h5,9-15H,1,6-8H2,2-4H3,(H,26,28,30)/b20-14+. The molecule has 7 heteroatoms. The second-order valence-electron chi connectivity index (χ2n) is 7.16. The van der Waals surface area contributed by atoms with E-state index in [-0.39, 0.29) is 5.57 Å². The smallest absolute Gasteiger partial charge is 0.335 e. The van der Waals surface area contributed by atoms with E-state index in [9.17, 15) is 14.4 Å². The van der Waals surface area contributed by atoms with E-state index < -0.39 is 17.8 Å². The van der Waals surface area contributed by atoms with Crippen molar-refractivity contribution in [3.63, 3.8) is 0 Å². The van der Waals surface area contributed by atoms with Crippen molar-refractivity contribution in [1.82, 2.24) is 5.32 Å². The van der Waals surface area contributed by atoms with Crippen molar-refractivity contribution in [2.75, 3.05) is 18.1 Å². The summed E-state index contributed by atoms with van der Waals surface area (Å²) >= 11 is 0. The van der Waals surface area contributed by atoms with Crippen LogP contribution in [0.1, 0.15) is 30.5 Å². The molecule has 0 radical (unpaired) electrons. The van der Waals surface area contributed by atoms with Crippen molar-refractivity contribution < 1.29 is 23.9 Å². The summed E-state index contributed by atoms with van der Waals surface area (Å²) in [4.78, 5) is 39.0. The molecule has 0 atom stereocenters. The molecule has 0 aromatic heterocycles. The molecule has 1 heterocycles. The van der Waals surface area contributed by atoms with Crippen molar-refractivity contribution in [1.29, 1.82) is 0 Å². The Labute approximate surface area is 187 Å². The van der Waals surface area contributed by atoms with Crippen LogP contribution in [-0.4, -0.2) is 31.1 Å². The number of anilines is 1. The molecular weight excluding hydrogens is 408 g/mol. The van der Waals surface area contributed by atoms with Gasteiger partial charge >= 0.3 is 6.03 Å². The average molecular weight is 434 g/mol. The molecule has 1 aliphatic rings. The number of barbiturate groups is 1. The van der Waals surface area contributed by atoms with Crippen LogP contribution in [0.5, 0.6) is 11.5 Å². The van der Waals surface area contributed by atoms with Crippen molar-refractivity contribution in [3.05, 3.63) is 71.3 Å². The van der Waals surface area contributed by atoms with Crippen molar-refractivity contribution in [3.8, 4) is 11.5 Å². The first kappa shape index (κ1) is 22.8. The van der Waals surface area contributed by atoms with Crippen LogP contribution in [0.25, 0.3) is 6.08 Å². The molecule has 1 N–H and O–H groups in total. The van der Waals surface area contributed by atoms with E-state index in [2.05, 4.69) is 11.9 Å². The normalized spacial score (nSPS) is 15.0. The lowest BCUT2D eigenvalue weighted by Crippen LogP contribution is -2.54. The third-order valence-electron chi connectivity index (χ3n) is 4.81. The summed E-state index contributed by atoms with van der Waals surface area (Å²) in [5, 5.41) is 2.24. The highest BCUT2D eigenvalue weighted by molar-refractivity contribution is 6.39.